The number of hydrogen-bond acceptors (Lipinski definition) is 2. The van der Waals surface area contributed by atoms with Crippen LogP contribution in [0.25, 0.3) is 0 Å². The number of halogens is 2. The van der Waals surface area contributed by atoms with Crippen molar-refractivity contribution >= 4 is 39.4 Å². The molecule has 0 saturated heterocycles. The van der Waals surface area contributed by atoms with E-state index >= 15 is 0 Å². The molecule has 0 heterocycles. The van der Waals surface area contributed by atoms with Crippen molar-refractivity contribution in [3.8, 4) is 0 Å². The molecular weight excluding hydrogens is 309 g/mol. The monoisotopic (exact) mass is 319 g/mol. The molecule has 0 aromatic heterocycles. The van der Waals surface area contributed by atoms with Crippen molar-refractivity contribution in [1.29, 1.82) is 0 Å². The third-order valence-electron chi connectivity index (χ3n) is 2.16. The lowest BCUT2D eigenvalue weighted by Gasteiger charge is -2.09. The fourth-order valence-corrected chi connectivity index (χ4v) is 1.66. The zero-order valence-corrected chi connectivity index (χ0v) is 11.4. The number of carboxylic acid groups (broad SMARTS) is 1. The molecule has 17 heavy (non-hydrogen) atoms. The van der Waals surface area contributed by atoms with Crippen molar-refractivity contribution in [2.24, 2.45) is 5.92 Å². The molecule has 0 fully saturated rings. The van der Waals surface area contributed by atoms with E-state index in [1.165, 1.54) is 6.92 Å². The first-order valence-electron chi connectivity index (χ1n) is 4.88. The lowest BCUT2D eigenvalue weighted by molar-refractivity contribution is -0.140. The standard InChI is InChI=1S/C11H11BrClNO3/c1-6(11(16)17)5-14-10(15)8-4-7(12)2-3-9(8)13/h2-4,6H,5H2,1H3,(H,14,15)(H,16,17). The van der Waals surface area contributed by atoms with E-state index in [9.17, 15) is 9.59 Å². The summed E-state index contributed by atoms with van der Waals surface area (Å²) < 4.78 is 0.735. The second-order valence-electron chi connectivity index (χ2n) is 3.57. The van der Waals surface area contributed by atoms with Gasteiger partial charge in [-0.1, -0.05) is 34.5 Å². The van der Waals surface area contributed by atoms with E-state index in [-0.39, 0.29) is 12.5 Å². The van der Waals surface area contributed by atoms with Crippen molar-refractivity contribution in [3.05, 3.63) is 33.3 Å². The highest BCUT2D eigenvalue weighted by atomic mass is 79.9. The molecule has 1 rings (SSSR count). The lowest BCUT2D eigenvalue weighted by Crippen LogP contribution is -2.31. The van der Waals surface area contributed by atoms with E-state index in [0.29, 0.717) is 10.6 Å². The summed E-state index contributed by atoms with van der Waals surface area (Å²) in [7, 11) is 0. The van der Waals surface area contributed by atoms with Gasteiger partial charge < -0.3 is 10.4 Å². The van der Waals surface area contributed by atoms with Gasteiger partial charge in [0.2, 0.25) is 0 Å². The summed E-state index contributed by atoms with van der Waals surface area (Å²) in [4.78, 5) is 22.3. The summed E-state index contributed by atoms with van der Waals surface area (Å²) in [6.45, 7) is 1.59. The second-order valence-corrected chi connectivity index (χ2v) is 4.90. The Morgan fingerprint density at radius 2 is 2.18 bits per heavy atom. The molecule has 6 heteroatoms. The summed E-state index contributed by atoms with van der Waals surface area (Å²) in [5, 5.41) is 11.5. The van der Waals surface area contributed by atoms with E-state index in [2.05, 4.69) is 21.2 Å². The minimum Gasteiger partial charge on any atom is -0.481 e. The summed E-state index contributed by atoms with van der Waals surface area (Å²) in [5.74, 6) is -1.97. The van der Waals surface area contributed by atoms with Crippen LogP contribution in [-0.4, -0.2) is 23.5 Å². The Labute approximate surface area is 112 Å². The van der Waals surface area contributed by atoms with Crippen molar-refractivity contribution in [3.63, 3.8) is 0 Å². The number of benzene rings is 1. The molecule has 2 N–H and O–H groups in total. The molecule has 0 spiro atoms. The van der Waals surface area contributed by atoms with Crippen LogP contribution in [0.15, 0.2) is 22.7 Å². The Bertz CT molecular complexity index is 450. The van der Waals surface area contributed by atoms with Crippen LogP contribution in [0.5, 0.6) is 0 Å². The molecule has 1 unspecified atom stereocenters. The average molecular weight is 321 g/mol. The van der Waals surface area contributed by atoms with Crippen LogP contribution in [0.4, 0.5) is 0 Å². The number of nitrogens with one attached hydrogen (secondary N) is 1. The van der Waals surface area contributed by atoms with Gasteiger partial charge in [0.05, 0.1) is 16.5 Å². The highest BCUT2D eigenvalue weighted by molar-refractivity contribution is 9.10. The quantitative estimate of drug-likeness (QED) is 0.896. The Morgan fingerprint density at radius 1 is 1.53 bits per heavy atom. The number of rotatable bonds is 4. The van der Waals surface area contributed by atoms with E-state index in [1.54, 1.807) is 18.2 Å². The van der Waals surface area contributed by atoms with E-state index in [4.69, 9.17) is 16.7 Å². The van der Waals surface area contributed by atoms with Gasteiger partial charge in [-0.2, -0.15) is 0 Å². The molecule has 0 aliphatic heterocycles. The minimum atomic E-state index is -0.953. The van der Waals surface area contributed by atoms with Gasteiger partial charge in [0.15, 0.2) is 0 Å². The van der Waals surface area contributed by atoms with E-state index in [0.717, 1.165) is 4.47 Å². The number of aliphatic carboxylic acids is 1. The maximum absolute atomic E-state index is 11.7. The number of amides is 1. The Morgan fingerprint density at radius 3 is 2.76 bits per heavy atom. The molecule has 1 aromatic rings. The van der Waals surface area contributed by atoms with E-state index < -0.39 is 11.9 Å². The third kappa shape index (κ3) is 4.02. The van der Waals surface area contributed by atoms with Gasteiger partial charge in [-0.25, -0.2) is 0 Å². The molecular formula is C11H11BrClNO3. The van der Waals surface area contributed by atoms with Crippen molar-refractivity contribution < 1.29 is 14.7 Å². The first-order valence-corrected chi connectivity index (χ1v) is 6.05. The van der Waals surface area contributed by atoms with Crippen LogP contribution in [0, 0.1) is 5.92 Å². The van der Waals surface area contributed by atoms with Crippen LogP contribution in [0.3, 0.4) is 0 Å². The fourth-order valence-electron chi connectivity index (χ4n) is 1.10. The first kappa shape index (κ1) is 14.0. The Hall–Kier alpha value is -1.07. The molecule has 0 radical (unpaired) electrons. The molecule has 1 amide bonds. The molecule has 92 valence electrons. The number of carbonyl (C=O) groups excluding carboxylic acids is 1. The molecule has 1 atom stereocenters. The highest BCUT2D eigenvalue weighted by Gasteiger charge is 2.15. The normalized spacial score (nSPS) is 11.9. The third-order valence-corrected chi connectivity index (χ3v) is 2.99. The van der Waals surface area contributed by atoms with Crippen LogP contribution >= 0.6 is 27.5 Å². The molecule has 0 aliphatic rings. The zero-order valence-electron chi connectivity index (χ0n) is 9.04. The van der Waals surface area contributed by atoms with Crippen molar-refractivity contribution in [2.45, 2.75) is 6.92 Å². The average Bonchev–Trinajstić information content (AvgIpc) is 2.28. The second kappa shape index (κ2) is 6.02. The fraction of sp³-hybridized carbons (Fsp3) is 0.273. The van der Waals surface area contributed by atoms with Gasteiger partial charge >= 0.3 is 5.97 Å². The topological polar surface area (TPSA) is 66.4 Å². The molecule has 0 bridgehead atoms. The van der Waals surface area contributed by atoms with Crippen molar-refractivity contribution in [2.75, 3.05) is 6.54 Å². The number of carbonyl (C=O) groups is 2. The largest absolute Gasteiger partial charge is 0.481 e. The number of carboxylic acids is 1. The Balaban J connectivity index is 2.70. The lowest BCUT2D eigenvalue weighted by atomic mass is 10.1. The van der Waals surface area contributed by atoms with Crippen LogP contribution in [-0.2, 0) is 4.79 Å². The van der Waals surface area contributed by atoms with Gasteiger partial charge in [0.25, 0.3) is 5.91 Å². The van der Waals surface area contributed by atoms with Gasteiger partial charge in [0, 0.05) is 11.0 Å². The van der Waals surface area contributed by atoms with Gasteiger partial charge in [-0.3, -0.25) is 9.59 Å². The molecule has 0 saturated carbocycles. The highest BCUT2D eigenvalue weighted by Crippen LogP contribution is 2.20. The molecule has 4 nitrogen and oxygen atoms in total. The van der Waals surface area contributed by atoms with Crippen LogP contribution in [0.2, 0.25) is 5.02 Å². The number of hydrogen-bond donors (Lipinski definition) is 2. The first-order chi connectivity index (χ1) is 7.91. The van der Waals surface area contributed by atoms with Gasteiger partial charge in [-0.15, -0.1) is 0 Å². The maximum Gasteiger partial charge on any atom is 0.308 e. The smallest absolute Gasteiger partial charge is 0.308 e. The summed E-state index contributed by atoms with van der Waals surface area (Å²) in [5.41, 5.74) is 0.318. The van der Waals surface area contributed by atoms with Crippen LogP contribution < -0.4 is 5.32 Å². The predicted molar refractivity (Wildman–Crippen MR) is 68.3 cm³/mol. The molecule has 1 aromatic carbocycles. The Kier molecular flexibility index (Phi) is 4.96. The summed E-state index contributed by atoms with van der Waals surface area (Å²) in [6.07, 6.45) is 0. The van der Waals surface area contributed by atoms with Crippen LogP contribution in [0.1, 0.15) is 17.3 Å². The SMILES string of the molecule is CC(CNC(=O)c1cc(Br)ccc1Cl)C(=O)O. The summed E-state index contributed by atoms with van der Waals surface area (Å²) >= 11 is 9.11. The zero-order chi connectivity index (χ0) is 13.0. The maximum atomic E-state index is 11.7. The van der Waals surface area contributed by atoms with Gasteiger partial charge in [0.1, 0.15) is 0 Å². The van der Waals surface area contributed by atoms with E-state index in [1.807, 2.05) is 0 Å². The summed E-state index contributed by atoms with van der Waals surface area (Å²) in [6, 6.07) is 4.91. The predicted octanol–water partition coefficient (Wildman–Crippen LogP) is 2.55. The minimum absolute atomic E-state index is 0.0665. The van der Waals surface area contributed by atoms with Gasteiger partial charge in [-0.05, 0) is 18.2 Å². The molecule has 0 aliphatic carbocycles. The van der Waals surface area contributed by atoms with Crippen molar-refractivity contribution in [1.82, 2.24) is 5.32 Å².